The topological polar surface area (TPSA) is 162 Å². The number of unbranched alkanes of at least 4 members (excludes halogenated alkanes) is 2. The highest BCUT2D eigenvalue weighted by Crippen LogP contribution is 2.62. The molecule has 1 fully saturated rings. The molecule has 0 spiro atoms. The molecule has 3 aromatic carbocycles. The highest BCUT2D eigenvalue weighted by Gasteiger charge is 2.65. The number of carbonyl (C=O) groups is 1. The zero-order valence-electron chi connectivity index (χ0n) is 34.3. The van der Waals surface area contributed by atoms with Crippen LogP contribution in [0.3, 0.4) is 0 Å². The van der Waals surface area contributed by atoms with Crippen molar-refractivity contribution in [2.75, 3.05) is 40.6 Å². The van der Waals surface area contributed by atoms with Crippen molar-refractivity contribution in [2.24, 2.45) is 22.9 Å². The zero-order valence-corrected chi connectivity index (χ0v) is 34.3. The molecule has 2 aliphatic carbocycles. The molecule has 0 unspecified atom stereocenters. The van der Waals surface area contributed by atoms with Crippen molar-refractivity contribution in [3.8, 4) is 23.0 Å². The van der Waals surface area contributed by atoms with E-state index >= 15 is 0 Å². The summed E-state index contributed by atoms with van der Waals surface area (Å²) in [6.45, 7) is 6.78. The summed E-state index contributed by atoms with van der Waals surface area (Å²) in [5.74, 6) is -0.0978. The van der Waals surface area contributed by atoms with Gasteiger partial charge in [-0.05, 0) is 91.5 Å². The van der Waals surface area contributed by atoms with Crippen molar-refractivity contribution in [1.82, 2.24) is 4.90 Å². The Bertz CT molecular complexity index is 2000. The van der Waals surface area contributed by atoms with E-state index in [-0.39, 0.29) is 55.6 Å². The number of ether oxygens (including phenoxy) is 4. The molecule has 1 amide bonds. The number of hydrogen-bond donors (Lipinski definition) is 2. The second kappa shape index (κ2) is 20.1. The molecule has 1 aliphatic heterocycles. The molecule has 1 heterocycles. The van der Waals surface area contributed by atoms with Crippen LogP contribution in [-0.4, -0.2) is 84.1 Å². The third kappa shape index (κ3) is 9.48. The van der Waals surface area contributed by atoms with Gasteiger partial charge >= 0.3 is 0 Å². The molecule has 13 heteroatoms. The summed E-state index contributed by atoms with van der Waals surface area (Å²) in [5, 5.41) is 36.0. The van der Waals surface area contributed by atoms with Crippen LogP contribution in [0, 0.1) is 27.9 Å². The number of oxime groups is 1. The predicted octanol–water partition coefficient (Wildman–Crippen LogP) is 8.14. The Morgan fingerprint density at radius 2 is 1.76 bits per heavy atom. The van der Waals surface area contributed by atoms with Crippen LogP contribution in [0.1, 0.15) is 75.3 Å². The number of aliphatic hydroxyl groups excluding tert-OH is 2. The quantitative estimate of drug-likeness (QED) is 0.0465. The van der Waals surface area contributed by atoms with Crippen LogP contribution >= 0.6 is 0 Å². The van der Waals surface area contributed by atoms with Gasteiger partial charge in [-0.15, -0.1) is 6.58 Å². The van der Waals surface area contributed by atoms with Crippen LogP contribution < -0.4 is 14.2 Å². The van der Waals surface area contributed by atoms with Crippen LogP contribution in [0.4, 0.5) is 5.69 Å². The van der Waals surface area contributed by atoms with Gasteiger partial charge in [0.05, 0.1) is 42.8 Å². The van der Waals surface area contributed by atoms with E-state index in [2.05, 4.69) is 17.8 Å². The van der Waals surface area contributed by atoms with E-state index in [0.29, 0.717) is 60.9 Å². The van der Waals surface area contributed by atoms with E-state index in [1.807, 2.05) is 48.2 Å². The molecule has 6 rings (SSSR count). The van der Waals surface area contributed by atoms with Crippen molar-refractivity contribution >= 4 is 17.3 Å². The van der Waals surface area contributed by atoms with Crippen molar-refractivity contribution in [2.45, 2.75) is 82.5 Å². The average Bonchev–Trinajstić information content (AvgIpc) is 3.24. The van der Waals surface area contributed by atoms with Gasteiger partial charge < -0.3 is 38.9 Å². The van der Waals surface area contributed by atoms with E-state index in [9.17, 15) is 25.1 Å². The van der Waals surface area contributed by atoms with Crippen molar-refractivity contribution in [3.05, 3.63) is 112 Å². The largest absolute Gasteiger partial charge is 0.497 e. The lowest BCUT2D eigenvalue weighted by molar-refractivity contribution is -0.384. The molecule has 6 atom stereocenters. The molecule has 13 nitrogen and oxygen atoms in total. The van der Waals surface area contributed by atoms with Crippen LogP contribution in [0.5, 0.6) is 23.0 Å². The normalized spacial score (nSPS) is 23.6. The standard InChI is InChI=1S/C46H57N3O10/c1-5-21-48(43(52)26-31-13-11-16-34(25-31)55-3)42-30-40(47-56-4)38-27-32(14-7-9-22-50)37(18-8-10-23-51)44-39-29-36(58-35-17-12-15-33(28-35)49(53)54)19-20-41(39)59-46(42,45(38)44)57-24-6-2/h6,11-13,15-17,19-20,25,27-29,32,37,42,44-45,50-51H,2,5,7-10,14,18,21-24,26,30H2,1,3-4H3/t32-,37+,42-,44+,45+,46+/m0/s1. The van der Waals surface area contributed by atoms with Gasteiger partial charge in [-0.2, -0.15) is 0 Å². The van der Waals surface area contributed by atoms with E-state index in [1.54, 1.807) is 31.4 Å². The lowest BCUT2D eigenvalue weighted by Gasteiger charge is -2.60. The number of non-ortho nitro benzene ring substituents is 1. The third-order valence-electron chi connectivity index (χ3n) is 11.8. The van der Waals surface area contributed by atoms with E-state index in [0.717, 1.165) is 42.4 Å². The Balaban J connectivity index is 1.55. The summed E-state index contributed by atoms with van der Waals surface area (Å²) < 4.78 is 26.1. The van der Waals surface area contributed by atoms with E-state index < -0.39 is 22.7 Å². The SMILES string of the molecule is C=CCO[C@@]12Oc3ccc(Oc4cccc([N+](=O)[O-])c4)cc3[C@H]3[C@H](CCCCO)[C@@H](CCCCO)C=C(C(=NOC)C[C@@H]1N(CCC)C(=O)Cc1cccc(OC)c1)[C@H]32. The molecule has 59 heavy (non-hydrogen) atoms. The maximum atomic E-state index is 14.7. The fourth-order valence-electron chi connectivity index (χ4n) is 9.37. The number of fused-ring (bicyclic) bond motifs is 2. The van der Waals surface area contributed by atoms with Crippen LogP contribution in [0.2, 0.25) is 0 Å². The molecule has 0 bridgehead atoms. The smallest absolute Gasteiger partial charge is 0.273 e. The maximum absolute atomic E-state index is 14.7. The molecule has 1 saturated carbocycles. The van der Waals surface area contributed by atoms with E-state index in [4.69, 9.17) is 23.8 Å². The number of allylic oxidation sites excluding steroid dienone is 1. The summed E-state index contributed by atoms with van der Waals surface area (Å²) in [7, 11) is 3.13. The van der Waals surface area contributed by atoms with Crippen molar-refractivity contribution < 1.29 is 43.7 Å². The first-order chi connectivity index (χ1) is 28.7. The molecule has 3 aromatic rings. The van der Waals surface area contributed by atoms with Gasteiger partial charge in [0.15, 0.2) is 0 Å². The Labute approximate surface area is 346 Å². The Morgan fingerprint density at radius 1 is 1.02 bits per heavy atom. The Morgan fingerprint density at radius 3 is 2.47 bits per heavy atom. The number of methoxy groups -OCH3 is 1. The fraction of sp³-hybridized carbons (Fsp3) is 0.478. The first-order valence-corrected chi connectivity index (χ1v) is 20.7. The van der Waals surface area contributed by atoms with Gasteiger partial charge in [0.25, 0.3) is 5.69 Å². The number of aliphatic hydroxyl groups is 2. The zero-order chi connectivity index (χ0) is 41.9. The third-order valence-corrected chi connectivity index (χ3v) is 11.8. The number of benzene rings is 3. The monoisotopic (exact) mass is 811 g/mol. The number of nitro groups is 1. The van der Waals surface area contributed by atoms with Gasteiger partial charge in [-0.3, -0.25) is 14.9 Å². The summed E-state index contributed by atoms with van der Waals surface area (Å²) in [5.41, 5.74) is 3.25. The number of rotatable bonds is 21. The van der Waals surface area contributed by atoms with Gasteiger partial charge in [0.2, 0.25) is 11.7 Å². The van der Waals surface area contributed by atoms with Gasteiger partial charge in [0.1, 0.15) is 36.1 Å². The van der Waals surface area contributed by atoms with Crippen molar-refractivity contribution in [1.29, 1.82) is 0 Å². The number of carbonyl (C=O) groups excluding carboxylic acids is 1. The lowest BCUT2D eigenvalue weighted by atomic mass is 9.55. The van der Waals surface area contributed by atoms with Crippen LogP contribution in [-0.2, 0) is 20.8 Å². The highest BCUT2D eigenvalue weighted by atomic mass is 16.7. The molecule has 316 valence electrons. The maximum Gasteiger partial charge on any atom is 0.273 e. The summed E-state index contributed by atoms with van der Waals surface area (Å²) in [6, 6.07) is 18.5. The van der Waals surface area contributed by atoms with Crippen molar-refractivity contribution in [3.63, 3.8) is 0 Å². The Hall–Kier alpha value is -5.24. The minimum atomic E-state index is -1.39. The van der Waals surface area contributed by atoms with Gasteiger partial charge in [-0.1, -0.05) is 55.3 Å². The number of amides is 1. The summed E-state index contributed by atoms with van der Waals surface area (Å²) >= 11 is 0. The minimum absolute atomic E-state index is 0.0195. The molecule has 0 saturated heterocycles. The van der Waals surface area contributed by atoms with Gasteiger partial charge in [-0.25, -0.2) is 0 Å². The molecule has 3 aliphatic rings. The Kier molecular flexibility index (Phi) is 14.8. The number of nitro benzene ring substituents is 1. The van der Waals surface area contributed by atoms with E-state index in [1.165, 1.54) is 19.2 Å². The first kappa shape index (κ1) is 43.3. The lowest BCUT2D eigenvalue weighted by Crippen LogP contribution is -2.70. The second-order valence-corrected chi connectivity index (χ2v) is 15.4. The van der Waals surface area contributed by atoms with Gasteiger partial charge in [0, 0.05) is 43.7 Å². The predicted molar refractivity (Wildman–Crippen MR) is 224 cm³/mol. The molecule has 2 N–H and O–H groups in total. The molecular formula is C46H57N3O10. The molecule has 0 aromatic heterocycles. The molecule has 0 radical (unpaired) electrons. The number of hydrogen-bond acceptors (Lipinski definition) is 11. The molecular weight excluding hydrogens is 755 g/mol. The van der Waals surface area contributed by atoms with Crippen LogP contribution in [0.15, 0.2) is 96.2 Å². The summed E-state index contributed by atoms with van der Waals surface area (Å²) in [4.78, 5) is 33.3. The highest BCUT2D eigenvalue weighted by molar-refractivity contribution is 6.03. The minimum Gasteiger partial charge on any atom is -0.497 e. The summed E-state index contributed by atoms with van der Waals surface area (Å²) in [6.07, 6.45) is 9.54. The van der Waals surface area contributed by atoms with Crippen LogP contribution in [0.25, 0.3) is 0 Å². The second-order valence-electron chi connectivity index (χ2n) is 15.4. The fourth-order valence-corrected chi connectivity index (χ4v) is 9.37. The number of nitrogens with zero attached hydrogens (tertiary/aromatic N) is 3. The average molecular weight is 812 g/mol. The first-order valence-electron chi connectivity index (χ1n) is 20.7.